The molecule has 4 rings (SSSR count). The fourth-order valence-electron chi connectivity index (χ4n) is 3.90. The first-order valence-electron chi connectivity index (χ1n) is 10.8. The maximum Gasteiger partial charge on any atom is 0.275 e. The Morgan fingerprint density at radius 2 is 1.88 bits per heavy atom. The van der Waals surface area contributed by atoms with Crippen LogP contribution in [0, 0.1) is 0 Å². The molecule has 0 unspecified atom stereocenters. The molecular weight excluding hydrogens is 470 g/mol. The normalized spacial score (nSPS) is 11.2. The van der Waals surface area contributed by atoms with Gasteiger partial charge in [-0.3, -0.25) is 9.59 Å². The Bertz CT molecular complexity index is 1290. The number of carbonyl (C=O) groups excluding carboxylic acids is 1. The molecule has 6 nitrogen and oxygen atoms in total. The van der Waals surface area contributed by atoms with Crippen molar-refractivity contribution in [2.75, 3.05) is 13.2 Å². The molecule has 1 N–H and O–H groups in total. The monoisotopic (exact) mass is 495 g/mol. The van der Waals surface area contributed by atoms with Gasteiger partial charge in [0.25, 0.3) is 5.56 Å². The quantitative estimate of drug-likeness (QED) is 0.370. The standard InChI is InChI=1S/C25H26BrN3O3/c1-2-32-20-10-7-18(8-11-20)13-14-27-24(30)6-4-16-29-23-17-19(26)9-12-21(23)28-15-3-5-22(28)25(29)31/h3,5,7-12,15,17H,2,4,6,13-14,16H2,1H3,(H,27,30). The Morgan fingerprint density at radius 3 is 2.66 bits per heavy atom. The third kappa shape index (κ3) is 4.88. The van der Waals surface area contributed by atoms with E-state index in [2.05, 4.69) is 21.2 Å². The predicted molar refractivity (Wildman–Crippen MR) is 130 cm³/mol. The number of amides is 1. The maximum atomic E-state index is 13.0. The zero-order valence-corrected chi connectivity index (χ0v) is 19.6. The summed E-state index contributed by atoms with van der Waals surface area (Å²) in [6.45, 7) is 3.67. The lowest BCUT2D eigenvalue weighted by molar-refractivity contribution is -0.121. The van der Waals surface area contributed by atoms with Gasteiger partial charge in [-0.2, -0.15) is 0 Å². The van der Waals surface area contributed by atoms with E-state index in [0.717, 1.165) is 33.2 Å². The Balaban J connectivity index is 1.34. The van der Waals surface area contributed by atoms with E-state index in [0.29, 0.717) is 38.1 Å². The van der Waals surface area contributed by atoms with E-state index in [9.17, 15) is 9.59 Å². The molecule has 166 valence electrons. The van der Waals surface area contributed by atoms with Crippen LogP contribution in [-0.2, 0) is 17.8 Å². The molecule has 2 aromatic carbocycles. The molecule has 0 saturated carbocycles. The number of fused-ring (bicyclic) bond motifs is 3. The number of halogens is 1. The minimum absolute atomic E-state index is 0.00163. The fourth-order valence-corrected chi connectivity index (χ4v) is 4.25. The van der Waals surface area contributed by atoms with Crippen molar-refractivity contribution in [1.82, 2.24) is 14.3 Å². The fraction of sp³-hybridized carbons (Fsp3) is 0.280. The molecule has 7 heteroatoms. The largest absolute Gasteiger partial charge is 0.494 e. The van der Waals surface area contributed by atoms with Crippen LogP contribution in [0.1, 0.15) is 25.3 Å². The Hall–Kier alpha value is -3.06. The number of ether oxygens (including phenoxy) is 1. The summed E-state index contributed by atoms with van der Waals surface area (Å²) >= 11 is 3.50. The Kier molecular flexibility index (Phi) is 6.95. The van der Waals surface area contributed by atoms with E-state index in [1.165, 1.54) is 0 Å². The number of rotatable bonds is 9. The first-order chi connectivity index (χ1) is 15.6. The van der Waals surface area contributed by atoms with Gasteiger partial charge in [0.15, 0.2) is 0 Å². The highest BCUT2D eigenvalue weighted by atomic mass is 79.9. The van der Waals surface area contributed by atoms with Crippen molar-refractivity contribution in [3.63, 3.8) is 0 Å². The van der Waals surface area contributed by atoms with E-state index < -0.39 is 0 Å². The van der Waals surface area contributed by atoms with Crippen molar-refractivity contribution >= 4 is 38.4 Å². The second-order valence-corrected chi connectivity index (χ2v) is 8.55. The molecule has 0 aliphatic heterocycles. The summed E-state index contributed by atoms with van der Waals surface area (Å²) in [4.78, 5) is 25.3. The van der Waals surface area contributed by atoms with Crippen LogP contribution in [0.3, 0.4) is 0 Å². The highest BCUT2D eigenvalue weighted by Crippen LogP contribution is 2.20. The molecule has 1 amide bonds. The minimum Gasteiger partial charge on any atom is -0.494 e. The van der Waals surface area contributed by atoms with Crippen molar-refractivity contribution in [1.29, 1.82) is 0 Å². The van der Waals surface area contributed by atoms with Gasteiger partial charge < -0.3 is 19.0 Å². The van der Waals surface area contributed by atoms with Gasteiger partial charge in [0.05, 0.1) is 17.6 Å². The van der Waals surface area contributed by atoms with Crippen LogP contribution in [0.15, 0.2) is 70.1 Å². The lowest BCUT2D eigenvalue weighted by Crippen LogP contribution is -2.27. The first kappa shape index (κ1) is 22.1. The molecule has 0 aliphatic rings. The van der Waals surface area contributed by atoms with Gasteiger partial charge in [0, 0.05) is 30.2 Å². The number of hydrogen-bond acceptors (Lipinski definition) is 3. The van der Waals surface area contributed by atoms with Crippen LogP contribution in [0.5, 0.6) is 5.75 Å². The van der Waals surface area contributed by atoms with E-state index in [1.54, 1.807) is 4.57 Å². The average Bonchev–Trinajstić information content (AvgIpc) is 3.28. The van der Waals surface area contributed by atoms with Crippen molar-refractivity contribution in [3.8, 4) is 5.75 Å². The van der Waals surface area contributed by atoms with Crippen LogP contribution >= 0.6 is 15.9 Å². The van der Waals surface area contributed by atoms with Crippen LogP contribution in [0.4, 0.5) is 0 Å². The molecule has 4 aromatic rings. The number of benzene rings is 2. The summed E-state index contributed by atoms with van der Waals surface area (Å²) in [7, 11) is 0. The minimum atomic E-state index is -0.0449. The molecule has 0 saturated heterocycles. The number of aryl methyl sites for hydroxylation is 1. The third-order valence-corrected chi connectivity index (χ3v) is 5.95. The molecule has 2 aromatic heterocycles. The zero-order chi connectivity index (χ0) is 22.5. The summed E-state index contributed by atoms with van der Waals surface area (Å²) in [5, 5.41) is 2.97. The number of nitrogens with zero attached hydrogens (tertiary/aromatic N) is 2. The summed E-state index contributed by atoms with van der Waals surface area (Å²) in [5.41, 5.74) is 3.56. The van der Waals surface area contributed by atoms with Crippen molar-refractivity contribution < 1.29 is 9.53 Å². The van der Waals surface area contributed by atoms with Crippen molar-refractivity contribution in [3.05, 3.63) is 81.2 Å². The molecule has 2 heterocycles. The van der Waals surface area contributed by atoms with Crippen LogP contribution in [0.25, 0.3) is 16.6 Å². The van der Waals surface area contributed by atoms with Crippen molar-refractivity contribution in [2.45, 2.75) is 32.7 Å². The molecular formula is C25H26BrN3O3. The van der Waals surface area contributed by atoms with Crippen LogP contribution < -0.4 is 15.6 Å². The average molecular weight is 496 g/mol. The molecule has 32 heavy (non-hydrogen) atoms. The number of carbonyl (C=O) groups is 1. The second kappa shape index (κ2) is 10.0. The topological polar surface area (TPSA) is 64.7 Å². The van der Waals surface area contributed by atoms with Gasteiger partial charge in [-0.15, -0.1) is 0 Å². The summed E-state index contributed by atoms with van der Waals surface area (Å²) in [6, 6.07) is 17.5. The van der Waals surface area contributed by atoms with Gasteiger partial charge in [-0.05, 0) is 67.8 Å². The van der Waals surface area contributed by atoms with Gasteiger partial charge in [0.1, 0.15) is 11.3 Å². The predicted octanol–water partition coefficient (Wildman–Crippen LogP) is 4.55. The number of hydrogen-bond donors (Lipinski definition) is 1. The molecule has 0 bridgehead atoms. The van der Waals surface area contributed by atoms with E-state index in [4.69, 9.17) is 4.74 Å². The van der Waals surface area contributed by atoms with Gasteiger partial charge in [-0.1, -0.05) is 28.1 Å². The molecule has 0 radical (unpaired) electrons. The van der Waals surface area contributed by atoms with Gasteiger partial charge >= 0.3 is 0 Å². The lowest BCUT2D eigenvalue weighted by Gasteiger charge is -2.13. The highest BCUT2D eigenvalue weighted by molar-refractivity contribution is 9.10. The van der Waals surface area contributed by atoms with E-state index in [1.807, 2.05) is 72.1 Å². The summed E-state index contributed by atoms with van der Waals surface area (Å²) in [5.74, 6) is 0.853. The summed E-state index contributed by atoms with van der Waals surface area (Å²) < 4.78 is 10.0. The molecule has 0 spiro atoms. The Labute approximate surface area is 194 Å². The van der Waals surface area contributed by atoms with Crippen molar-refractivity contribution in [2.24, 2.45) is 0 Å². The van der Waals surface area contributed by atoms with Gasteiger partial charge in [0.2, 0.25) is 5.91 Å². The second-order valence-electron chi connectivity index (χ2n) is 7.63. The summed E-state index contributed by atoms with van der Waals surface area (Å²) in [6.07, 6.45) is 3.63. The van der Waals surface area contributed by atoms with E-state index >= 15 is 0 Å². The first-order valence-corrected chi connectivity index (χ1v) is 11.6. The highest BCUT2D eigenvalue weighted by Gasteiger charge is 2.11. The zero-order valence-electron chi connectivity index (χ0n) is 18.0. The van der Waals surface area contributed by atoms with Gasteiger partial charge in [-0.25, -0.2) is 0 Å². The molecule has 0 fully saturated rings. The lowest BCUT2D eigenvalue weighted by atomic mass is 10.1. The molecule has 0 aliphatic carbocycles. The number of nitrogens with one attached hydrogen (secondary N) is 1. The van der Waals surface area contributed by atoms with Crippen LogP contribution in [-0.4, -0.2) is 28.0 Å². The van der Waals surface area contributed by atoms with E-state index in [-0.39, 0.29) is 11.5 Å². The molecule has 0 atom stereocenters. The third-order valence-electron chi connectivity index (χ3n) is 5.46. The number of aromatic nitrogens is 2. The SMILES string of the molecule is CCOc1ccc(CCNC(=O)CCCn2c(=O)c3cccn3c3ccc(Br)cc32)cc1. The maximum absolute atomic E-state index is 13.0. The van der Waals surface area contributed by atoms with Crippen LogP contribution in [0.2, 0.25) is 0 Å². The Morgan fingerprint density at radius 1 is 1.06 bits per heavy atom. The smallest absolute Gasteiger partial charge is 0.275 e.